The van der Waals surface area contributed by atoms with Gasteiger partial charge < -0.3 is 10.8 Å². The monoisotopic (exact) mass is 359 g/mol. The Balaban J connectivity index is 2.08. The first-order chi connectivity index (χ1) is 11.1. The van der Waals surface area contributed by atoms with Crippen molar-refractivity contribution in [2.45, 2.75) is 0 Å². The predicted molar refractivity (Wildman–Crippen MR) is 95.4 cm³/mol. The van der Waals surface area contributed by atoms with Crippen LogP contribution in [0, 0.1) is 0 Å². The molecular formula is C15H9N3O2S3. The lowest BCUT2D eigenvalue weighted by Gasteiger charge is -2.04. The third kappa shape index (κ3) is 2.31. The molecule has 0 atom stereocenters. The summed E-state index contributed by atoms with van der Waals surface area (Å²) in [6.45, 7) is 0. The summed E-state index contributed by atoms with van der Waals surface area (Å²) in [5, 5.41) is 15.8. The number of aromatic carboxylic acids is 1. The average Bonchev–Trinajstić information content (AvgIpc) is 3.27. The maximum absolute atomic E-state index is 11.4. The average molecular weight is 359 g/mol. The van der Waals surface area contributed by atoms with Gasteiger partial charge in [0.25, 0.3) is 0 Å². The number of rotatable bonds is 3. The first kappa shape index (κ1) is 14.3. The van der Waals surface area contributed by atoms with Crippen LogP contribution in [-0.4, -0.2) is 21.0 Å². The van der Waals surface area contributed by atoms with E-state index in [1.165, 1.54) is 0 Å². The van der Waals surface area contributed by atoms with Crippen molar-refractivity contribution in [2.24, 2.45) is 0 Å². The number of carbonyl (C=O) groups is 1. The summed E-state index contributed by atoms with van der Waals surface area (Å²) in [5.41, 5.74) is 7.90. The highest BCUT2D eigenvalue weighted by molar-refractivity contribution is 7.21. The molecular weight excluding hydrogens is 350 g/mol. The molecule has 0 unspecified atom stereocenters. The number of hydrogen-bond acceptors (Lipinski definition) is 7. The van der Waals surface area contributed by atoms with Gasteiger partial charge in [0, 0.05) is 10.9 Å². The number of carboxylic acids is 1. The van der Waals surface area contributed by atoms with E-state index in [1.807, 2.05) is 34.3 Å². The molecule has 0 aliphatic heterocycles. The molecule has 0 fully saturated rings. The maximum atomic E-state index is 11.4. The summed E-state index contributed by atoms with van der Waals surface area (Å²) >= 11 is 4.18. The Morgan fingerprint density at radius 3 is 2.74 bits per heavy atom. The van der Waals surface area contributed by atoms with E-state index in [2.05, 4.69) is 9.97 Å². The molecule has 4 heterocycles. The molecule has 0 saturated carbocycles. The van der Waals surface area contributed by atoms with Crippen molar-refractivity contribution in [1.29, 1.82) is 0 Å². The van der Waals surface area contributed by atoms with Gasteiger partial charge in [0.1, 0.15) is 9.71 Å². The Kier molecular flexibility index (Phi) is 3.37. The van der Waals surface area contributed by atoms with Crippen LogP contribution in [0.4, 0.5) is 5.69 Å². The first-order valence-corrected chi connectivity index (χ1v) is 9.19. The van der Waals surface area contributed by atoms with E-state index in [1.54, 1.807) is 22.7 Å². The summed E-state index contributed by atoms with van der Waals surface area (Å²) in [6, 6.07) is 5.82. The van der Waals surface area contributed by atoms with Crippen LogP contribution in [0.15, 0.2) is 34.3 Å². The summed E-state index contributed by atoms with van der Waals surface area (Å²) in [5.74, 6) is -0.452. The van der Waals surface area contributed by atoms with E-state index in [4.69, 9.17) is 5.73 Å². The zero-order valence-electron chi connectivity index (χ0n) is 11.5. The molecule has 4 aromatic rings. The maximum Gasteiger partial charge on any atom is 0.348 e. The van der Waals surface area contributed by atoms with Crippen LogP contribution in [0.3, 0.4) is 0 Å². The van der Waals surface area contributed by atoms with Crippen LogP contribution in [0.25, 0.3) is 32.2 Å². The van der Waals surface area contributed by atoms with Crippen LogP contribution < -0.4 is 5.73 Å². The zero-order valence-corrected chi connectivity index (χ0v) is 14.0. The SMILES string of the molecule is Nc1c(C(=O)O)sc2nc(-c3cccs3)nc(-c3ccsc3)c12. The molecule has 5 nitrogen and oxygen atoms in total. The van der Waals surface area contributed by atoms with E-state index in [9.17, 15) is 9.90 Å². The lowest BCUT2D eigenvalue weighted by Crippen LogP contribution is -1.98. The van der Waals surface area contributed by atoms with Crippen molar-refractivity contribution in [3.63, 3.8) is 0 Å². The molecule has 114 valence electrons. The van der Waals surface area contributed by atoms with Gasteiger partial charge in [-0.15, -0.1) is 22.7 Å². The zero-order chi connectivity index (χ0) is 16.0. The molecule has 0 spiro atoms. The first-order valence-electron chi connectivity index (χ1n) is 6.55. The number of thiophene rings is 3. The Labute approximate surface area is 142 Å². The molecule has 0 aliphatic rings. The van der Waals surface area contributed by atoms with Gasteiger partial charge in [0.05, 0.1) is 21.6 Å². The number of aromatic nitrogens is 2. The number of fused-ring (bicyclic) bond motifs is 1. The van der Waals surface area contributed by atoms with Crippen molar-refractivity contribution in [2.75, 3.05) is 5.73 Å². The number of nitrogens with zero attached hydrogens (tertiary/aromatic N) is 2. The Morgan fingerprint density at radius 1 is 1.22 bits per heavy atom. The minimum atomic E-state index is -1.04. The van der Waals surface area contributed by atoms with Crippen molar-refractivity contribution in [1.82, 2.24) is 9.97 Å². The number of hydrogen-bond donors (Lipinski definition) is 2. The molecule has 3 N–H and O–H groups in total. The van der Waals surface area contributed by atoms with Crippen molar-refractivity contribution >= 4 is 55.9 Å². The van der Waals surface area contributed by atoms with Gasteiger partial charge in [-0.1, -0.05) is 6.07 Å². The Morgan fingerprint density at radius 2 is 2.09 bits per heavy atom. The van der Waals surface area contributed by atoms with E-state index >= 15 is 0 Å². The minimum Gasteiger partial charge on any atom is -0.477 e. The van der Waals surface area contributed by atoms with Gasteiger partial charge in [-0.05, 0) is 22.9 Å². The van der Waals surface area contributed by atoms with Gasteiger partial charge in [0.15, 0.2) is 5.82 Å². The normalized spacial score (nSPS) is 11.1. The Hall–Kier alpha value is -2.29. The number of nitrogen functional groups attached to an aromatic ring is 1. The van der Waals surface area contributed by atoms with Gasteiger partial charge in [-0.3, -0.25) is 0 Å². The molecule has 8 heteroatoms. The second-order valence-corrected chi connectivity index (χ2v) is 7.44. The van der Waals surface area contributed by atoms with Crippen LogP contribution in [-0.2, 0) is 0 Å². The second-order valence-electron chi connectivity index (χ2n) is 4.72. The highest BCUT2D eigenvalue weighted by atomic mass is 32.1. The molecule has 23 heavy (non-hydrogen) atoms. The van der Waals surface area contributed by atoms with Crippen molar-refractivity contribution in [3.05, 3.63) is 39.2 Å². The van der Waals surface area contributed by atoms with E-state index in [0.29, 0.717) is 21.7 Å². The molecule has 0 aromatic carbocycles. The molecule has 4 aromatic heterocycles. The van der Waals surface area contributed by atoms with Gasteiger partial charge >= 0.3 is 5.97 Å². The van der Waals surface area contributed by atoms with Crippen LogP contribution in [0.5, 0.6) is 0 Å². The lowest BCUT2D eigenvalue weighted by molar-refractivity contribution is 0.0703. The summed E-state index contributed by atoms with van der Waals surface area (Å²) < 4.78 is 0. The lowest BCUT2D eigenvalue weighted by atomic mass is 10.1. The second kappa shape index (κ2) is 5.41. The van der Waals surface area contributed by atoms with Crippen LogP contribution in [0.1, 0.15) is 9.67 Å². The molecule has 0 bridgehead atoms. The number of carboxylic acid groups (broad SMARTS) is 1. The minimum absolute atomic E-state index is 0.106. The highest BCUT2D eigenvalue weighted by Crippen LogP contribution is 2.40. The fraction of sp³-hybridized carbons (Fsp3) is 0. The molecule has 0 saturated heterocycles. The van der Waals surface area contributed by atoms with Crippen LogP contribution >= 0.6 is 34.0 Å². The third-order valence-corrected chi connectivity index (χ3v) is 5.96. The van der Waals surface area contributed by atoms with Gasteiger partial charge in [-0.25, -0.2) is 14.8 Å². The number of anilines is 1. The number of nitrogens with two attached hydrogens (primary N) is 1. The fourth-order valence-corrected chi connectivity index (χ4v) is 4.54. The predicted octanol–water partition coefficient (Wildman–Crippen LogP) is 4.43. The molecule has 0 aliphatic carbocycles. The van der Waals surface area contributed by atoms with Crippen LogP contribution in [0.2, 0.25) is 0 Å². The topological polar surface area (TPSA) is 89.1 Å². The van der Waals surface area contributed by atoms with E-state index in [-0.39, 0.29) is 10.6 Å². The molecule has 4 rings (SSSR count). The Bertz CT molecular complexity index is 1000. The summed E-state index contributed by atoms with van der Waals surface area (Å²) in [6.07, 6.45) is 0. The van der Waals surface area contributed by atoms with Crippen molar-refractivity contribution in [3.8, 4) is 22.0 Å². The van der Waals surface area contributed by atoms with Gasteiger partial charge in [-0.2, -0.15) is 11.3 Å². The molecule has 0 radical (unpaired) electrons. The van der Waals surface area contributed by atoms with E-state index < -0.39 is 5.97 Å². The summed E-state index contributed by atoms with van der Waals surface area (Å²) in [4.78, 5) is 22.2. The largest absolute Gasteiger partial charge is 0.477 e. The highest BCUT2D eigenvalue weighted by Gasteiger charge is 2.22. The summed E-state index contributed by atoms with van der Waals surface area (Å²) in [7, 11) is 0. The fourth-order valence-electron chi connectivity index (χ4n) is 2.30. The standard InChI is InChI=1S/C15H9N3O2S3/c16-10-9-11(7-3-5-21-6-7)17-13(8-2-1-4-22-8)18-14(9)23-12(10)15(19)20/h1-6H,16H2,(H,19,20). The molecule has 0 amide bonds. The smallest absolute Gasteiger partial charge is 0.348 e. The van der Waals surface area contributed by atoms with Crippen molar-refractivity contribution < 1.29 is 9.90 Å². The quantitative estimate of drug-likeness (QED) is 0.565. The van der Waals surface area contributed by atoms with E-state index in [0.717, 1.165) is 21.8 Å². The third-order valence-electron chi connectivity index (χ3n) is 3.32. The van der Waals surface area contributed by atoms with Gasteiger partial charge in [0.2, 0.25) is 0 Å².